The molecular weight excluding hydrogens is 364 g/mol. The third kappa shape index (κ3) is 2.43. The second-order valence-corrected chi connectivity index (χ2v) is 7.34. The summed E-state index contributed by atoms with van der Waals surface area (Å²) in [5.74, 6) is 0.0846. The minimum Gasteiger partial charge on any atom is -0.385 e. The lowest BCUT2D eigenvalue weighted by Crippen LogP contribution is -2.48. The van der Waals surface area contributed by atoms with Crippen LogP contribution < -0.4 is 5.73 Å². The first kappa shape index (κ1) is 17.6. The zero-order valence-electron chi connectivity index (χ0n) is 12.0. The molecule has 132 valence electrons. The van der Waals surface area contributed by atoms with Gasteiger partial charge in [-0.15, -0.1) is 0 Å². The summed E-state index contributed by atoms with van der Waals surface area (Å²) in [5.41, 5.74) is 6.07. The minimum atomic E-state index is -5.18. The first-order chi connectivity index (χ1) is 11.2. The predicted molar refractivity (Wildman–Crippen MR) is 82.3 cm³/mol. The van der Waals surface area contributed by atoms with Gasteiger partial charge in [0.2, 0.25) is 5.34 Å². The highest BCUT2D eigenvalue weighted by molar-refractivity contribution is 7.53. The van der Waals surface area contributed by atoms with Crippen molar-refractivity contribution in [2.24, 2.45) is 0 Å². The number of nitrogens with two attached hydrogens (primary N) is 1. The number of fused-ring (bicyclic) bond motifs is 1. The summed E-state index contributed by atoms with van der Waals surface area (Å²) in [6, 6.07) is 0. The second-order valence-electron chi connectivity index (χ2n) is 5.20. The van der Waals surface area contributed by atoms with Crippen LogP contribution in [0.3, 0.4) is 0 Å². The van der Waals surface area contributed by atoms with Crippen molar-refractivity contribution >= 4 is 34.0 Å². The maximum Gasteiger partial charge on any atom is 0.362 e. The molecule has 0 amide bonds. The highest BCUT2D eigenvalue weighted by Gasteiger charge is 2.66. The fourth-order valence-electron chi connectivity index (χ4n) is 2.63. The van der Waals surface area contributed by atoms with E-state index in [1.807, 2.05) is 9.47 Å². The van der Waals surface area contributed by atoms with E-state index in [4.69, 9.17) is 15.0 Å². The zero-order valence-corrected chi connectivity index (χ0v) is 14.0. The number of rotatable bonds is 4. The molecule has 3 heterocycles. The summed E-state index contributed by atoms with van der Waals surface area (Å²) in [6.07, 6.45) is -2.46. The molecule has 14 heteroatoms. The fraction of sp³-hybridized carbons (Fsp3) is 0.500. The molecule has 0 radical (unpaired) electrons. The lowest BCUT2D eigenvalue weighted by atomic mass is 10.1. The van der Waals surface area contributed by atoms with Crippen molar-refractivity contribution in [1.29, 1.82) is 0 Å². The van der Waals surface area contributed by atoms with E-state index in [2.05, 4.69) is 15.0 Å². The van der Waals surface area contributed by atoms with Crippen molar-refractivity contribution in [3.8, 4) is 0 Å². The molecule has 12 nitrogen and oxygen atoms in total. The highest BCUT2D eigenvalue weighted by Crippen LogP contribution is 2.59. The van der Waals surface area contributed by atoms with Gasteiger partial charge in [0.05, 0.1) is 12.9 Å². The van der Waals surface area contributed by atoms with Crippen LogP contribution in [0.4, 0.5) is 5.82 Å². The van der Waals surface area contributed by atoms with Crippen molar-refractivity contribution in [1.82, 2.24) is 19.5 Å². The molecule has 0 aliphatic carbocycles. The minimum absolute atomic E-state index is 0.0846. The molecule has 0 saturated carbocycles. The molecule has 0 spiro atoms. The molecule has 1 fully saturated rings. The van der Waals surface area contributed by atoms with Crippen molar-refractivity contribution < 1.29 is 33.8 Å². The van der Waals surface area contributed by atoms with Gasteiger partial charge in [0.15, 0.2) is 17.7 Å². The summed E-state index contributed by atoms with van der Waals surface area (Å²) in [6.45, 7) is -0.385. The maximum atomic E-state index is 11.8. The average Bonchev–Trinajstić information content (AvgIpc) is 3.03. The van der Waals surface area contributed by atoms with Crippen molar-refractivity contribution in [2.75, 3.05) is 12.3 Å². The Hall–Kier alpha value is -1.23. The molecule has 3 rings (SSSR count). The van der Waals surface area contributed by atoms with E-state index < -0.39 is 31.4 Å². The first-order valence-corrected chi connectivity index (χ1v) is 8.66. The Morgan fingerprint density at radius 3 is 2.79 bits per heavy atom. The number of aliphatic hydroxyl groups excluding tert-OH is 1. The number of hydrogen-bond acceptors (Lipinski definition) is 9. The van der Waals surface area contributed by atoms with Gasteiger partial charge in [-0.1, -0.05) is 0 Å². The molecule has 0 bridgehead atoms. The maximum absolute atomic E-state index is 11.8. The van der Waals surface area contributed by atoms with E-state index in [1.54, 1.807) is 0 Å². The van der Waals surface area contributed by atoms with Crippen LogP contribution in [-0.2, 0) is 13.8 Å². The van der Waals surface area contributed by atoms with Crippen LogP contribution in [0.15, 0.2) is 12.7 Å². The van der Waals surface area contributed by atoms with Gasteiger partial charge in [-0.25, -0.2) is 15.0 Å². The van der Waals surface area contributed by atoms with Crippen LogP contribution in [-0.4, -0.2) is 63.7 Å². The lowest BCUT2D eigenvalue weighted by molar-refractivity contribution is -0.0519. The SMILES string of the molecule is Nc1ncnc2c1ncn2[C@@H]1O[C@H](COP)[C@@](O)(P(=O)(O)O)[C@@H]1O. The molecule has 6 N–H and O–H groups in total. The van der Waals surface area contributed by atoms with Gasteiger partial charge in [-0.3, -0.25) is 9.13 Å². The Labute approximate surface area is 137 Å². The fourth-order valence-corrected chi connectivity index (χ4v) is 3.78. The summed E-state index contributed by atoms with van der Waals surface area (Å²) in [4.78, 5) is 30.7. The van der Waals surface area contributed by atoms with E-state index in [1.165, 1.54) is 10.9 Å². The number of hydrogen-bond donors (Lipinski definition) is 5. The number of nitrogen functional groups attached to an aromatic ring is 1. The third-order valence-electron chi connectivity index (χ3n) is 3.86. The Kier molecular flexibility index (Phi) is 4.35. The van der Waals surface area contributed by atoms with E-state index in [9.17, 15) is 24.6 Å². The van der Waals surface area contributed by atoms with Gasteiger partial charge < -0.3 is 35.0 Å². The topological polar surface area (TPSA) is 186 Å². The number of aromatic nitrogens is 4. The Bertz CT molecular complexity index is 812. The molecule has 0 aromatic carbocycles. The number of aliphatic hydroxyl groups is 2. The van der Waals surface area contributed by atoms with Crippen molar-refractivity contribution in [2.45, 2.75) is 23.8 Å². The number of anilines is 1. The molecule has 1 saturated heterocycles. The zero-order chi connectivity index (χ0) is 17.7. The van der Waals surface area contributed by atoms with Gasteiger partial charge in [0, 0.05) is 9.47 Å². The highest BCUT2D eigenvalue weighted by atomic mass is 31.2. The van der Waals surface area contributed by atoms with E-state index >= 15 is 0 Å². The summed E-state index contributed by atoms with van der Waals surface area (Å²) < 4.78 is 23.1. The normalized spacial score (nSPS) is 31.0. The molecule has 2 aromatic heterocycles. The molecule has 1 aliphatic heterocycles. The standard InChI is InChI=1S/C10H15N5O7P2/c11-7-5-8(13-2-12-7)15(3-14-5)9-6(16)10(17,24(18,19)20)4(22-9)1-21-23/h2-4,6,9,16-17H,1,23H2,(H2,11,12,13)(H2,18,19,20)/t4-,6-,9-,10-/m1/s1. The Morgan fingerprint density at radius 1 is 1.46 bits per heavy atom. The number of ether oxygens (including phenoxy) is 1. The van der Waals surface area contributed by atoms with E-state index in [-0.39, 0.29) is 23.6 Å². The van der Waals surface area contributed by atoms with Crippen molar-refractivity contribution in [3.05, 3.63) is 12.7 Å². The molecular formula is C10H15N5O7P2. The number of imidazole rings is 1. The van der Waals surface area contributed by atoms with Crippen LogP contribution in [0.25, 0.3) is 11.2 Å². The van der Waals surface area contributed by atoms with Gasteiger partial charge in [-0.2, -0.15) is 0 Å². The van der Waals surface area contributed by atoms with Crippen LogP contribution in [0.1, 0.15) is 6.23 Å². The molecule has 5 atom stereocenters. The quantitative estimate of drug-likeness (QED) is 0.383. The lowest BCUT2D eigenvalue weighted by Gasteiger charge is -2.30. The average molecular weight is 379 g/mol. The summed E-state index contributed by atoms with van der Waals surface area (Å²) in [5, 5.41) is 18.0. The van der Waals surface area contributed by atoms with Gasteiger partial charge in [-0.05, 0) is 0 Å². The van der Waals surface area contributed by atoms with E-state index in [0.29, 0.717) is 0 Å². The monoisotopic (exact) mass is 379 g/mol. The van der Waals surface area contributed by atoms with E-state index in [0.717, 1.165) is 6.33 Å². The van der Waals surface area contributed by atoms with Gasteiger partial charge in [0.25, 0.3) is 0 Å². The van der Waals surface area contributed by atoms with Crippen molar-refractivity contribution in [3.63, 3.8) is 0 Å². The summed E-state index contributed by atoms with van der Waals surface area (Å²) in [7, 11) is -3.30. The van der Waals surface area contributed by atoms with Gasteiger partial charge in [0.1, 0.15) is 24.1 Å². The molecule has 24 heavy (non-hydrogen) atoms. The molecule has 1 aliphatic rings. The third-order valence-corrected chi connectivity index (χ3v) is 5.54. The van der Waals surface area contributed by atoms with Crippen LogP contribution in [0.2, 0.25) is 0 Å². The van der Waals surface area contributed by atoms with Crippen LogP contribution >= 0.6 is 17.1 Å². The Balaban J connectivity index is 2.09. The Morgan fingerprint density at radius 2 is 2.17 bits per heavy atom. The summed E-state index contributed by atoms with van der Waals surface area (Å²) >= 11 is 0. The van der Waals surface area contributed by atoms with Crippen LogP contribution in [0, 0.1) is 0 Å². The largest absolute Gasteiger partial charge is 0.385 e. The van der Waals surface area contributed by atoms with Gasteiger partial charge >= 0.3 is 7.60 Å². The smallest absolute Gasteiger partial charge is 0.362 e. The van der Waals surface area contributed by atoms with Crippen LogP contribution in [0.5, 0.6) is 0 Å². The second kappa shape index (κ2) is 5.94. The molecule has 1 unspecified atom stereocenters. The first-order valence-electron chi connectivity index (χ1n) is 6.58. The number of nitrogens with zero attached hydrogens (tertiary/aromatic N) is 4. The molecule has 2 aromatic rings. The predicted octanol–water partition coefficient (Wildman–Crippen LogP) is -1.66.